The van der Waals surface area contributed by atoms with Gasteiger partial charge >= 0.3 is 0 Å². The first-order chi connectivity index (χ1) is 11.0. The van der Waals surface area contributed by atoms with Gasteiger partial charge in [0.05, 0.1) is 11.6 Å². The van der Waals surface area contributed by atoms with Crippen LogP contribution in [0.4, 0.5) is 14.5 Å². The fourth-order valence-corrected chi connectivity index (χ4v) is 2.25. The first kappa shape index (κ1) is 16.4. The van der Waals surface area contributed by atoms with Crippen molar-refractivity contribution >= 4 is 11.6 Å². The third-order valence-corrected chi connectivity index (χ3v) is 3.39. The topological polar surface area (TPSA) is 56.1 Å². The highest BCUT2D eigenvalue weighted by Gasteiger charge is 2.16. The van der Waals surface area contributed by atoms with E-state index in [-0.39, 0.29) is 23.7 Å². The predicted octanol–water partition coefficient (Wildman–Crippen LogP) is 2.83. The molecule has 0 fully saturated rings. The zero-order chi connectivity index (χ0) is 17.0. The molecular weight excluding hydrogens is 300 g/mol. The summed E-state index contributed by atoms with van der Waals surface area (Å²) in [5.74, 6) is -1.77. The lowest BCUT2D eigenvalue weighted by Crippen LogP contribution is -2.20. The first-order valence-corrected chi connectivity index (χ1v) is 6.87. The molecule has 0 saturated carbocycles. The van der Waals surface area contributed by atoms with Gasteiger partial charge in [-0.1, -0.05) is 12.1 Å². The van der Waals surface area contributed by atoms with Crippen LogP contribution in [0.2, 0.25) is 0 Å². The fourth-order valence-electron chi connectivity index (χ4n) is 2.25. The minimum Gasteiger partial charge on any atom is -0.366 e. The van der Waals surface area contributed by atoms with Crippen LogP contribution in [0.1, 0.15) is 21.5 Å². The van der Waals surface area contributed by atoms with Crippen molar-refractivity contribution in [2.75, 3.05) is 19.0 Å². The molecule has 118 valence electrons. The van der Waals surface area contributed by atoms with Crippen molar-refractivity contribution in [3.05, 3.63) is 64.7 Å². The summed E-state index contributed by atoms with van der Waals surface area (Å²) in [6.45, 7) is 0.258. The van der Waals surface area contributed by atoms with Crippen LogP contribution in [0.3, 0.4) is 0 Å². The molecule has 2 aromatic carbocycles. The summed E-state index contributed by atoms with van der Waals surface area (Å²) in [5.41, 5.74) is 1.05. The summed E-state index contributed by atoms with van der Waals surface area (Å²) in [5, 5.41) is 11.2. The zero-order valence-corrected chi connectivity index (χ0v) is 12.7. The van der Waals surface area contributed by atoms with Crippen molar-refractivity contribution in [1.29, 1.82) is 5.26 Å². The maximum Gasteiger partial charge on any atom is 0.251 e. The Morgan fingerprint density at radius 2 is 1.78 bits per heavy atom. The average Bonchev–Trinajstić information content (AvgIpc) is 2.54. The van der Waals surface area contributed by atoms with Gasteiger partial charge in [0.1, 0.15) is 5.69 Å². The lowest BCUT2D eigenvalue weighted by atomic mass is 10.1. The number of hydrogen-bond donors (Lipinski definition) is 1. The molecule has 0 heterocycles. The number of nitriles is 1. The number of amides is 1. The molecule has 0 aliphatic rings. The highest BCUT2D eigenvalue weighted by atomic mass is 19.1. The third kappa shape index (κ3) is 3.64. The number of hydrogen-bond acceptors (Lipinski definition) is 3. The average molecular weight is 315 g/mol. The second-order valence-corrected chi connectivity index (χ2v) is 5.03. The number of nitrogens with one attached hydrogen (secondary N) is 1. The van der Waals surface area contributed by atoms with Gasteiger partial charge in [-0.3, -0.25) is 4.79 Å². The Hall–Kier alpha value is -2.94. The monoisotopic (exact) mass is 315 g/mol. The van der Waals surface area contributed by atoms with Crippen molar-refractivity contribution in [2.24, 2.45) is 0 Å². The van der Waals surface area contributed by atoms with E-state index < -0.39 is 11.6 Å². The smallest absolute Gasteiger partial charge is 0.251 e. The van der Waals surface area contributed by atoms with Crippen molar-refractivity contribution in [1.82, 2.24) is 5.32 Å². The number of anilines is 1. The number of nitrogens with zero attached hydrogens (tertiary/aromatic N) is 2. The summed E-state index contributed by atoms with van der Waals surface area (Å²) in [6, 6.07) is 10.5. The Labute approximate surface area is 133 Å². The molecule has 23 heavy (non-hydrogen) atoms. The Kier molecular flexibility index (Phi) is 4.91. The predicted molar refractivity (Wildman–Crippen MR) is 83.0 cm³/mol. The first-order valence-electron chi connectivity index (χ1n) is 6.87. The van der Waals surface area contributed by atoms with Gasteiger partial charge in [0.15, 0.2) is 11.6 Å². The lowest BCUT2D eigenvalue weighted by Gasteiger charge is -2.21. The van der Waals surface area contributed by atoms with E-state index in [1.807, 2.05) is 0 Å². The Morgan fingerprint density at radius 3 is 2.26 bits per heavy atom. The Balaban J connectivity index is 2.21. The fraction of sp³-hybridized carbons (Fsp3) is 0.176. The van der Waals surface area contributed by atoms with E-state index in [9.17, 15) is 13.6 Å². The molecule has 0 aromatic heterocycles. The minimum atomic E-state index is -0.786. The van der Waals surface area contributed by atoms with E-state index in [4.69, 9.17) is 5.26 Å². The van der Waals surface area contributed by atoms with E-state index in [1.54, 1.807) is 44.4 Å². The van der Waals surface area contributed by atoms with Crippen molar-refractivity contribution in [2.45, 2.75) is 6.54 Å². The molecule has 2 aromatic rings. The van der Waals surface area contributed by atoms with Crippen LogP contribution in [0.15, 0.2) is 36.4 Å². The maximum absolute atomic E-state index is 14.0. The standard InChI is InChI=1S/C17H15F2N3O/c1-21-17(23)13-5-3-11(4-6-13)10-22(2)16-14(18)7-12(9-20)8-15(16)19/h3-8H,10H2,1-2H3,(H,21,23). The highest BCUT2D eigenvalue weighted by molar-refractivity contribution is 5.93. The molecule has 0 unspecified atom stereocenters. The van der Waals surface area contributed by atoms with Crippen LogP contribution in [0, 0.1) is 23.0 Å². The van der Waals surface area contributed by atoms with Crippen LogP contribution in [-0.4, -0.2) is 20.0 Å². The quantitative estimate of drug-likeness (QED) is 0.944. The number of benzene rings is 2. The molecule has 0 spiro atoms. The summed E-state index contributed by atoms with van der Waals surface area (Å²) in [4.78, 5) is 12.9. The summed E-state index contributed by atoms with van der Waals surface area (Å²) in [6.07, 6.45) is 0. The number of rotatable bonds is 4. The molecular formula is C17H15F2N3O. The Bertz CT molecular complexity index is 743. The normalized spacial score (nSPS) is 10.0. The molecule has 1 amide bonds. The van der Waals surface area contributed by atoms with E-state index in [2.05, 4.69) is 5.32 Å². The van der Waals surface area contributed by atoms with Gasteiger partial charge in [-0.05, 0) is 29.8 Å². The number of halogens is 2. The van der Waals surface area contributed by atoms with Gasteiger partial charge in [-0.2, -0.15) is 5.26 Å². The third-order valence-electron chi connectivity index (χ3n) is 3.39. The van der Waals surface area contributed by atoms with E-state index >= 15 is 0 Å². The van der Waals surface area contributed by atoms with Gasteiger partial charge in [0.25, 0.3) is 5.91 Å². The molecule has 0 saturated heterocycles. The molecule has 0 bridgehead atoms. The minimum absolute atomic E-state index is 0.0629. The second-order valence-electron chi connectivity index (χ2n) is 5.03. The van der Waals surface area contributed by atoms with Crippen molar-refractivity contribution in [3.63, 3.8) is 0 Å². The van der Waals surface area contributed by atoms with E-state index in [0.29, 0.717) is 5.56 Å². The SMILES string of the molecule is CNC(=O)c1ccc(CN(C)c2c(F)cc(C#N)cc2F)cc1. The largest absolute Gasteiger partial charge is 0.366 e. The van der Waals surface area contributed by atoms with Gasteiger partial charge in [0.2, 0.25) is 0 Å². The van der Waals surface area contributed by atoms with Crippen LogP contribution in [0.25, 0.3) is 0 Å². The van der Waals surface area contributed by atoms with Gasteiger partial charge in [-0.25, -0.2) is 8.78 Å². The second kappa shape index (κ2) is 6.88. The molecule has 6 heteroatoms. The van der Waals surface area contributed by atoms with Gasteiger partial charge in [0, 0.05) is 26.2 Å². The molecule has 0 aliphatic heterocycles. The van der Waals surface area contributed by atoms with E-state index in [0.717, 1.165) is 17.7 Å². The molecule has 0 atom stereocenters. The zero-order valence-electron chi connectivity index (χ0n) is 12.7. The van der Waals surface area contributed by atoms with Crippen LogP contribution < -0.4 is 10.2 Å². The molecule has 0 radical (unpaired) electrons. The highest BCUT2D eigenvalue weighted by Crippen LogP contribution is 2.25. The van der Waals surface area contributed by atoms with Crippen molar-refractivity contribution in [3.8, 4) is 6.07 Å². The summed E-state index contributed by atoms with van der Waals surface area (Å²) >= 11 is 0. The number of carbonyl (C=O) groups excluding carboxylic acids is 1. The van der Waals surface area contributed by atoms with Crippen LogP contribution >= 0.6 is 0 Å². The van der Waals surface area contributed by atoms with E-state index in [1.165, 1.54) is 4.90 Å². The Morgan fingerprint density at radius 1 is 1.22 bits per heavy atom. The molecule has 0 aliphatic carbocycles. The molecule has 4 nitrogen and oxygen atoms in total. The molecule has 2 rings (SSSR count). The van der Waals surface area contributed by atoms with Gasteiger partial charge in [-0.15, -0.1) is 0 Å². The van der Waals surface area contributed by atoms with Crippen LogP contribution in [-0.2, 0) is 6.54 Å². The number of carbonyl (C=O) groups is 1. The maximum atomic E-state index is 14.0. The van der Waals surface area contributed by atoms with Gasteiger partial charge < -0.3 is 10.2 Å². The van der Waals surface area contributed by atoms with Crippen LogP contribution in [0.5, 0.6) is 0 Å². The summed E-state index contributed by atoms with van der Waals surface area (Å²) < 4.78 is 28.0. The molecule has 1 N–H and O–H groups in total. The lowest BCUT2D eigenvalue weighted by molar-refractivity contribution is 0.0963. The summed E-state index contributed by atoms with van der Waals surface area (Å²) in [7, 11) is 3.10. The van der Waals surface area contributed by atoms with Crippen molar-refractivity contribution < 1.29 is 13.6 Å².